The van der Waals surface area contributed by atoms with Gasteiger partial charge in [-0.05, 0) is 51.5 Å². The zero-order valence-corrected chi connectivity index (χ0v) is 25.6. The van der Waals surface area contributed by atoms with E-state index >= 15 is 0 Å². The molecular weight excluding hydrogens is 624 g/mol. The molecular formula is C32H38O15. The van der Waals surface area contributed by atoms with Gasteiger partial charge in [-0.3, -0.25) is 4.79 Å². The predicted molar refractivity (Wildman–Crippen MR) is 162 cm³/mol. The summed E-state index contributed by atoms with van der Waals surface area (Å²) in [5.74, 6) is -1.95. The van der Waals surface area contributed by atoms with Crippen LogP contribution >= 0.6 is 0 Å². The molecule has 0 aliphatic carbocycles. The average molecular weight is 663 g/mol. The molecule has 2 fully saturated rings. The molecule has 256 valence electrons. The fraction of sp³-hybridized carbons (Fsp3) is 0.469. The van der Waals surface area contributed by atoms with Crippen LogP contribution in [0.25, 0.3) is 22.3 Å². The van der Waals surface area contributed by atoms with Gasteiger partial charge in [0.05, 0.1) is 12.7 Å². The van der Waals surface area contributed by atoms with E-state index in [1.165, 1.54) is 31.2 Å². The van der Waals surface area contributed by atoms with Crippen LogP contribution in [0, 0.1) is 0 Å². The number of aromatic hydroxyl groups is 3. The maximum absolute atomic E-state index is 14.2. The third kappa shape index (κ3) is 6.67. The van der Waals surface area contributed by atoms with E-state index in [1.807, 2.05) is 13.8 Å². The number of ether oxygens (including phenoxy) is 4. The van der Waals surface area contributed by atoms with E-state index in [9.17, 15) is 50.8 Å². The zero-order chi connectivity index (χ0) is 34.3. The lowest BCUT2D eigenvalue weighted by atomic mass is 9.97. The highest BCUT2D eigenvalue weighted by Crippen LogP contribution is 2.41. The van der Waals surface area contributed by atoms with Crippen LogP contribution in [0.2, 0.25) is 0 Å². The van der Waals surface area contributed by atoms with E-state index in [4.69, 9.17) is 23.4 Å². The van der Waals surface area contributed by atoms with E-state index in [0.29, 0.717) is 0 Å². The van der Waals surface area contributed by atoms with Crippen LogP contribution in [-0.2, 0) is 20.6 Å². The van der Waals surface area contributed by atoms with Crippen LogP contribution in [0.3, 0.4) is 0 Å². The first kappa shape index (κ1) is 34.6. The Labute approximate surface area is 267 Å². The van der Waals surface area contributed by atoms with E-state index in [1.54, 1.807) is 6.08 Å². The molecule has 3 heterocycles. The maximum Gasteiger partial charge on any atom is 0.239 e. The molecule has 1 aromatic heterocycles. The minimum atomic E-state index is -1.88. The minimum Gasteiger partial charge on any atom is -0.508 e. The number of phenols is 3. The van der Waals surface area contributed by atoms with Crippen molar-refractivity contribution >= 4 is 11.0 Å². The fourth-order valence-corrected chi connectivity index (χ4v) is 5.48. The van der Waals surface area contributed by atoms with Crippen molar-refractivity contribution in [3.8, 4) is 34.3 Å². The summed E-state index contributed by atoms with van der Waals surface area (Å²) < 4.78 is 29.1. The number of aliphatic hydroxyl groups excluding tert-OH is 6. The van der Waals surface area contributed by atoms with Crippen LogP contribution in [0.5, 0.6) is 23.0 Å². The lowest BCUT2D eigenvalue weighted by Crippen LogP contribution is -2.64. The van der Waals surface area contributed by atoms with Gasteiger partial charge < -0.3 is 69.3 Å². The number of phenolic OH excluding ortho intramolecular Hbond substituents is 3. The number of allylic oxidation sites excluding steroid dienone is 2. The molecule has 47 heavy (non-hydrogen) atoms. The summed E-state index contributed by atoms with van der Waals surface area (Å²) in [5.41, 5.74) is 0.152. The van der Waals surface area contributed by atoms with Crippen molar-refractivity contribution < 1.29 is 69.3 Å². The molecule has 0 amide bonds. The van der Waals surface area contributed by atoms with E-state index in [2.05, 4.69) is 0 Å². The molecule has 10 atom stereocenters. The third-order valence-electron chi connectivity index (χ3n) is 8.19. The molecule has 0 unspecified atom stereocenters. The van der Waals surface area contributed by atoms with E-state index < -0.39 is 84.9 Å². The molecule has 3 aromatic rings. The van der Waals surface area contributed by atoms with Gasteiger partial charge in [0.2, 0.25) is 17.5 Å². The average Bonchev–Trinajstić information content (AvgIpc) is 3.02. The van der Waals surface area contributed by atoms with Gasteiger partial charge in [0, 0.05) is 17.2 Å². The minimum absolute atomic E-state index is 0.113. The molecule has 2 aliphatic rings. The Morgan fingerprint density at radius 1 is 0.872 bits per heavy atom. The number of aliphatic hydroxyl groups is 6. The van der Waals surface area contributed by atoms with Crippen molar-refractivity contribution in [2.24, 2.45) is 0 Å². The lowest BCUT2D eigenvalue weighted by molar-refractivity contribution is -0.354. The molecule has 0 spiro atoms. The van der Waals surface area contributed by atoms with Crippen LogP contribution in [0.1, 0.15) is 26.3 Å². The maximum atomic E-state index is 14.2. The summed E-state index contributed by atoms with van der Waals surface area (Å²) in [5, 5.41) is 93.5. The van der Waals surface area contributed by atoms with Gasteiger partial charge >= 0.3 is 0 Å². The number of benzene rings is 2. The molecule has 0 saturated carbocycles. The summed E-state index contributed by atoms with van der Waals surface area (Å²) in [4.78, 5) is 14.2. The predicted octanol–water partition coefficient (Wildman–Crippen LogP) is 0.116. The quantitative estimate of drug-likeness (QED) is 0.145. The van der Waals surface area contributed by atoms with Crippen LogP contribution in [-0.4, -0.2) is 114 Å². The lowest BCUT2D eigenvalue weighted by Gasteiger charge is -2.45. The first-order valence-corrected chi connectivity index (χ1v) is 14.8. The standard InChI is InChI=1S/C32H38O15/c1-12(2)4-9-16-17(35)10-18(36)20-23(39)29(27(45-28(16)20)14-5-7-15(34)8-6-14)46-32-30(25(41)22(38)19(11-33)44-32)47-31-26(42)24(40)21(37)13(3)43-31/h4-8,10,13,19,21-22,24-26,30-38,40-42H,9,11H2,1-3H3/t13-,19-,21+,22-,24-,25+,26-,30-,31+,32+/m1/s1. The Bertz CT molecular complexity index is 1660. The largest absolute Gasteiger partial charge is 0.508 e. The van der Waals surface area contributed by atoms with Gasteiger partial charge in [-0.25, -0.2) is 0 Å². The number of rotatable bonds is 8. The smallest absolute Gasteiger partial charge is 0.239 e. The molecule has 2 saturated heterocycles. The Balaban J connectivity index is 1.66. The van der Waals surface area contributed by atoms with Crippen LogP contribution in [0.15, 0.2) is 51.2 Å². The Hall–Kier alpha value is -3.77. The van der Waals surface area contributed by atoms with Crippen LogP contribution < -0.4 is 10.2 Å². The molecule has 15 nitrogen and oxygen atoms in total. The molecule has 2 aliphatic heterocycles. The SMILES string of the molecule is CC(C)=CCc1c(O)cc(O)c2c(=O)c(O[C@@H]3O[C@H](CO)[C@@H](O)[C@H](O)[C@H]3O[C@@H]3O[C@H](C)[C@H](O)[C@@H](O)[C@H]3O)c(-c3ccc(O)cc3)oc12. The second kappa shape index (κ2) is 13.8. The van der Waals surface area contributed by atoms with Gasteiger partial charge in [-0.15, -0.1) is 0 Å². The van der Waals surface area contributed by atoms with Gasteiger partial charge in [-0.1, -0.05) is 11.6 Å². The second-order valence-corrected chi connectivity index (χ2v) is 11.8. The van der Waals surface area contributed by atoms with E-state index in [0.717, 1.165) is 11.6 Å². The number of hydrogen-bond donors (Lipinski definition) is 9. The Morgan fingerprint density at radius 3 is 2.19 bits per heavy atom. The monoisotopic (exact) mass is 662 g/mol. The third-order valence-corrected chi connectivity index (χ3v) is 8.19. The summed E-state index contributed by atoms with van der Waals surface area (Å²) >= 11 is 0. The van der Waals surface area contributed by atoms with Gasteiger partial charge in [0.1, 0.15) is 64.8 Å². The van der Waals surface area contributed by atoms with Gasteiger partial charge in [0.25, 0.3) is 0 Å². The summed E-state index contributed by atoms with van der Waals surface area (Å²) in [6, 6.07) is 6.39. The first-order chi connectivity index (χ1) is 22.2. The van der Waals surface area contributed by atoms with E-state index in [-0.39, 0.29) is 45.8 Å². The van der Waals surface area contributed by atoms with Gasteiger partial charge in [-0.2, -0.15) is 0 Å². The summed E-state index contributed by atoms with van der Waals surface area (Å²) in [6.45, 7) is 4.26. The molecule has 2 aromatic carbocycles. The zero-order valence-electron chi connectivity index (χ0n) is 25.6. The summed E-state index contributed by atoms with van der Waals surface area (Å²) in [7, 11) is 0. The van der Waals surface area contributed by atoms with Crippen molar-refractivity contribution in [1.82, 2.24) is 0 Å². The van der Waals surface area contributed by atoms with Crippen molar-refractivity contribution in [2.75, 3.05) is 6.61 Å². The molecule has 15 heteroatoms. The Kier molecular flexibility index (Phi) is 10.1. The Morgan fingerprint density at radius 2 is 1.55 bits per heavy atom. The van der Waals surface area contributed by atoms with Crippen molar-refractivity contribution in [3.63, 3.8) is 0 Å². The number of fused-ring (bicyclic) bond motifs is 1. The molecule has 0 bridgehead atoms. The fourth-order valence-electron chi connectivity index (χ4n) is 5.48. The van der Waals surface area contributed by atoms with Gasteiger partial charge in [0.15, 0.2) is 18.2 Å². The molecule has 5 rings (SSSR count). The number of hydrogen-bond acceptors (Lipinski definition) is 15. The normalized spacial score (nSPS) is 31.1. The highest BCUT2D eigenvalue weighted by atomic mass is 16.8. The second-order valence-electron chi connectivity index (χ2n) is 11.8. The topological polar surface area (TPSA) is 249 Å². The molecule has 0 radical (unpaired) electrons. The first-order valence-electron chi connectivity index (χ1n) is 14.8. The van der Waals surface area contributed by atoms with Crippen molar-refractivity contribution in [1.29, 1.82) is 0 Å². The van der Waals surface area contributed by atoms with Crippen LogP contribution in [0.4, 0.5) is 0 Å². The van der Waals surface area contributed by atoms with Crippen molar-refractivity contribution in [3.05, 3.63) is 57.8 Å². The summed E-state index contributed by atoms with van der Waals surface area (Å²) in [6.07, 6.45) is -14.5. The highest BCUT2D eigenvalue weighted by Gasteiger charge is 2.51. The highest BCUT2D eigenvalue weighted by molar-refractivity contribution is 5.91. The molecule has 9 N–H and O–H groups in total. The van der Waals surface area contributed by atoms with Crippen molar-refractivity contribution in [2.45, 2.75) is 88.6 Å².